The molecule has 1 aromatic rings. The van der Waals surface area contributed by atoms with Crippen LogP contribution in [0.25, 0.3) is 0 Å². The smallest absolute Gasteiger partial charge is 0.324 e. The van der Waals surface area contributed by atoms with Gasteiger partial charge in [0, 0.05) is 5.69 Å². The number of nitrogens with two attached hydrogens (primary N) is 1. The van der Waals surface area contributed by atoms with Gasteiger partial charge in [0.05, 0.1) is 12.0 Å². The molecule has 0 spiro atoms. The minimum Gasteiger partial charge on any atom is -0.468 e. The number of carbonyl (C=O) groups excluding carboxylic acids is 1. The molecule has 0 bridgehead atoms. The van der Waals surface area contributed by atoms with Crippen LogP contribution in [0.4, 0.5) is 5.69 Å². The minimum atomic E-state index is -3.86. The van der Waals surface area contributed by atoms with Crippen molar-refractivity contribution in [3.05, 3.63) is 23.8 Å². The number of ether oxygens (including phenoxy) is 1. The first kappa shape index (κ1) is 17.5. The van der Waals surface area contributed by atoms with Crippen molar-refractivity contribution in [2.75, 3.05) is 12.8 Å². The lowest BCUT2D eigenvalue weighted by Crippen LogP contribution is -2.45. The summed E-state index contributed by atoms with van der Waals surface area (Å²) in [5.74, 6) is -0.853. The molecule has 1 aromatic carbocycles. The van der Waals surface area contributed by atoms with E-state index in [1.807, 2.05) is 6.92 Å². The first-order valence-electron chi connectivity index (χ1n) is 6.71. The largest absolute Gasteiger partial charge is 0.468 e. The van der Waals surface area contributed by atoms with Gasteiger partial charge in [-0.15, -0.1) is 0 Å². The number of hydrogen-bond acceptors (Lipinski definition) is 5. The van der Waals surface area contributed by atoms with Crippen molar-refractivity contribution in [3.63, 3.8) is 0 Å². The third-order valence-corrected chi connectivity index (χ3v) is 4.69. The minimum absolute atomic E-state index is 0.0968. The Bertz CT molecular complexity index is 611. The first-order valence-corrected chi connectivity index (χ1v) is 8.19. The Labute approximate surface area is 125 Å². The van der Waals surface area contributed by atoms with Crippen LogP contribution in [0.1, 0.15) is 26.3 Å². The SMILES string of the molecule is CCc1ccc(N)cc1S(=O)(=O)NC(C(=O)OC)C(C)C. The molecule has 0 aromatic heterocycles. The van der Waals surface area contributed by atoms with Crippen LogP contribution in [0.15, 0.2) is 23.1 Å². The van der Waals surface area contributed by atoms with E-state index in [0.717, 1.165) is 0 Å². The molecule has 6 nitrogen and oxygen atoms in total. The van der Waals surface area contributed by atoms with Gasteiger partial charge in [-0.2, -0.15) is 4.72 Å². The van der Waals surface area contributed by atoms with Crippen LogP contribution in [0, 0.1) is 5.92 Å². The van der Waals surface area contributed by atoms with Gasteiger partial charge in [-0.3, -0.25) is 4.79 Å². The second-order valence-electron chi connectivity index (χ2n) is 5.09. The zero-order chi connectivity index (χ0) is 16.2. The topological polar surface area (TPSA) is 98.5 Å². The zero-order valence-electron chi connectivity index (χ0n) is 12.7. The van der Waals surface area contributed by atoms with Crippen molar-refractivity contribution >= 4 is 21.7 Å². The number of esters is 1. The summed E-state index contributed by atoms with van der Waals surface area (Å²) in [7, 11) is -2.63. The van der Waals surface area contributed by atoms with Crippen LogP contribution in [0.2, 0.25) is 0 Å². The van der Waals surface area contributed by atoms with E-state index < -0.39 is 22.0 Å². The van der Waals surface area contributed by atoms with Gasteiger partial charge in [-0.05, 0) is 30.0 Å². The molecule has 1 atom stereocenters. The van der Waals surface area contributed by atoms with E-state index in [1.165, 1.54) is 13.2 Å². The van der Waals surface area contributed by atoms with E-state index in [2.05, 4.69) is 9.46 Å². The Balaban J connectivity index is 3.22. The van der Waals surface area contributed by atoms with Gasteiger partial charge in [0.15, 0.2) is 0 Å². The summed E-state index contributed by atoms with van der Waals surface area (Å²) in [6, 6.07) is 3.78. The molecule has 0 amide bonds. The van der Waals surface area contributed by atoms with Gasteiger partial charge in [-0.1, -0.05) is 26.8 Å². The fourth-order valence-electron chi connectivity index (χ4n) is 1.93. The molecule has 0 fully saturated rings. The molecule has 0 aliphatic rings. The standard InChI is InChI=1S/C14H22N2O4S/c1-5-10-6-7-11(15)8-12(10)21(18,19)16-13(9(2)3)14(17)20-4/h6-9,13,16H,5,15H2,1-4H3. The number of carbonyl (C=O) groups is 1. The molecule has 1 unspecified atom stereocenters. The molecule has 3 N–H and O–H groups in total. The van der Waals surface area contributed by atoms with Crippen molar-refractivity contribution in [3.8, 4) is 0 Å². The van der Waals surface area contributed by atoms with E-state index in [1.54, 1.807) is 26.0 Å². The van der Waals surface area contributed by atoms with Crippen LogP contribution < -0.4 is 10.5 Å². The van der Waals surface area contributed by atoms with Crippen LogP contribution >= 0.6 is 0 Å². The molecule has 0 heterocycles. The molecule has 21 heavy (non-hydrogen) atoms. The van der Waals surface area contributed by atoms with Gasteiger partial charge in [-0.25, -0.2) is 8.42 Å². The summed E-state index contributed by atoms with van der Waals surface area (Å²) in [4.78, 5) is 11.8. The predicted octanol–water partition coefficient (Wildman–Crippen LogP) is 1.31. The second kappa shape index (κ2) is 6.91. The summed E-state index contributed by atoms with van der Waals surface area (Å²) in [6.07, 6.45) is 0.543. The van der Waals surface area contributed by atoms with Crippen molar-refractivity contribution in [1.82, 2.24) is 4.72 Å². The van der Waals surface area contributed by atoms with Gasteiger partial charge >= 0.3 is 5.97 Å². The van der Waals surface area contributed by atoms with Crippen LogP contribution in [-0.4, -0.2) is 27.5 Å². The average Bonchev–Trinajstić information content (AvgIpc) is 2.43. The fourth-order valence-corrected chi connectivity index (χ4v) is 3.61. The molecular weight excluding hydrogens is 292 g/mol. The molecular formula is C14H22N2O4S. The Morgan fingerprint density at radius 2 is 2.00 bits per heavy atom. The molecule has 7 heteroatoms. The summed E-state index contributed by atoms with van der Waals surface area (Å²) in [6.45, 7) is 5.33. The number of nitrogen functional groups attached to an aromatic ring is 1. The number of benzene rings is 1. The van der Waals surface area contributed by atoms with Gasteiger partial charge in [0.1, 0.15) is 6.04 Å². The highest BCUT2D eigenvalue weighted by Gasteiger charge is 2.30. The Morgan fingerprint density at radius 3 is 2.48 bits per heavy atom. The maximum Gasteiger partial charge on any atom is 0.324 e. The Morgan fingerprint density at radius 1 is 1.38 bits per heavy atom. The Kier molecular flexibility index (Phi) is 5.74. The molecule has 0 saturated heterocycles. The molecule has 0 saturated carbocycles. The third-order valence-electron chi connectivity index (χ3n) is 3.17. The summed E-state index contributed by atoms with van der Waals surface area (Å²) < 4.78 is 32.1. The lowest BCUT2D eigenvalue weighted by atomic mass is 10.1. The average molecular weight is 314 g/mol. The Hall–Kier alpha value is -1.60. The van der Waals surface area contributed by atoms with Crippen LogP contribution in [-0.2, 0) is 26.0 Å². The fraction of sp³-hybridized carbons (Fsp3) is 0.500. The highest BCUT2D eigenvalue weighted by Crippen LogP contribution is 2.21. The van der Waals surface area contributed by atoms with Crippen molar-refractivity contribution in [1.29, 1.82) is 0 Å². The zero-order valence-corrected chi connectivity index (χ0v) is 13.5. The molecule has 1 rings (SSSR count). The summed E-state index contributed by atoms with van der Waals surface area (Å²) >= 11 is 0. The van der Waals surface area contributed by atoms with Gasteiger partial charge in [0.2, 0.25) is 10.0 Å². The van der Waals surface area contributed by atoms with Crippen molar-refractivity contribution in [2.24, 2.45) is 5.92 Å². The van der Waals surface area contributed by atoms with E-state index in [9.17, 15) is 13.2 Å². The van der Waals surface area contributed by atoms with Gasteiger partial charge < -0.3 is 10.5 Å². The lowest BCUT2D eigenvalue weighted by molar-refractivity contribution is -0.143. The van der Waals surface area contributed by atoms with E-state index >= 15 is 0 Å². The highest BCUT2D eigenvalue weighted by atomic mass is 32.2. The van der Waals surface area contributed by atoms with E-state index in [0.29, 0.717) is 17.7 Å². The maximum atomic E-state index is 12.5. The lowest BCUT2D eigenvalue weighted by Gasteiger charge is -2.20. The van der Waals surface area contributed by atoms with Crippen molar-refractivity contribution in [2.45, 2.75) is 38.1 Å². The maximum absolute atomic E-state index is 12.5. The number of nitrogens with one attached hydrogen (secondary N) is 1. The van der Waals surface area contributed by atoms with Gasteiger partial charge in [0.25, 0.3) is 0 Å². The first-order chi connectivity index (χ1) is 9.72. The monoisotopic (exact) mass is 314 g/mol. The number of hydrogen-bond donors (Lipinski definition) is 2. The molecule has 0 aliphatic heterocycles. The second-order valence-corrected chi connectivity index (χ2v) is 6.77. The normalized spacial score (nSPS) is 13.2. The number of sulfonamides is 1. The van der Waals surface area contributed by atoms with Crippen LogP contribution in [0.5, 0.6) is 0 Å². The predicted molar refractivity (Wildman–Crippen MR) is 81.2 cm³/mol. The number of anilines is 1. The van der Waals surface area contributed by atoms with Crippen molar-refractivity contribution < 1.29 is 17.9 Å². The number of methoxy groups -OCH3 is 1. The third kappa shape index (κ3) is 4.18. The van der Waals surface area contributed by atoms with E-state index in [-0.39, 0.29) is 10.8 Å². The highest BCUT2D eigenvalue weighted by molar-refractivity contribution is 7.89. The number of aryl methyl sites for hydroxylation is 1. The number of rotatable bonds is 6. The molecule has 0 radical (unpaired) electrons. The van der Waals surface area contributed by atoms with Crippen LogP contribution in [0.3, 0.4) is 0 Å². The molecule has 0 aliphatic carbocycles. The summed E-state index contributed by atoms with van der Waals surface area (Å²) in [5, 5.41) is 0. The molecule has 118 valence electrons. The summed E-state index contributed by atoms with van der Waals surface area (Å²) in [5.41, 5.74) is 6.67. The van der Waals surface area contributed by atoms with E-state index in [4.69, 9.17) is 5.73 Å². The quantitative estimate of drug-likeness (QED) is 0.609.